The number of aromatic nitrogens is 1. The Morgan fingerprint density at radius 3 is 2.76 bits per heavy atom. The molecule has 0 aliphatic heterocycles. The van der Waals surface area contributed by atoms with Gasteiger partial charge in [0, 0.05) is 18.9 Å². The molecule has 21 heavy (non-hydrogen) atoms. The van der Waals surface area contributed by atoms with Crippen molar-refractivity contribution in [2.45, 2.75) is 33.4 Å². The Labute approximate surface area is 125 Å². The van der Waals surface area contributed by atoms with E-state index in [2.05, 4.69) is 10.3 Å². The highest BCUT2D eigenvalue weighted by Gasteiger charge is 2.14. The number of pyridine rings is 1. The van der Waals surface area contributed by atoms with Gasteiger partial charge in [-0.25, -0.2) is 0 Å². The van der Waals surface area contributed by atoms with Gasteiger partial charge in [0.05, 0.1) is 0 Å². The lowest BCUT2D eigenvalue weighted by atomic mass is 10.1. The number of hydrogen-bond acceptors (Lipinski definition) is 3. The van der Waals surface area contributed by atoms with Gasteiger partial charge in [0.15, 0.2) is 6.10 Å². The van der Waals surface area contributed by atoms with Crippen LogP contribution in [-0.4, -0.2) is 17.0 Å². The van der Waals surface area contributed by atoms with E-state index in [1.807, 2.05) is 44.2 Å². The number of benzene rings is 1. The molecule has 0 bridgehead atoms. The number of ether oxygens (including phenoxy) is 1. The number of nitrogens with zero attached hydrogens (tertiary/aromatic N) is 1. The summed E-state index contributed by atoms with van der Waals surface area (Å²) in [7, 11) is 0. The number of carbonyl (C=O) groups is 1. The van der Waals surface area contributed by atoms with Crippen molar-refractivity contribution < 1.29 is 9.53 Å². The minimum atomic E-state index is -0.538. The topological polar surface area (TPSA) is 51.2 Å². The highest BCUT2D eigenvalue weighted by atomic mass is 16.5. The van der Waals surface area contributed by atoms with Crippen molar-refractivity contribution in [1.82, 2.24) is 10.3 Å². The average Bonchev–Trinajstić information content (AvgIpc) is 2.49. The lowest BCUT2D eigenvalue weighted by Gasteiger charge is -2.15. The van der Waals surface area contributed by atoms with Crippen LogP contribution >= 0.6 is 0 Å². The third kappa shape index (κ3) is 4.31. The van der Waals surface area contributed by atoms with Gasteiger partial charge >= 0.3 is 0 Å². The van der Waals surface area contributed by atoms with Crippen LogP contribution in [0.25, 0.3) is 0 Å². The third-order valence-corrected chi connectivity index (χ3v) is 3.35. The summed E-state index contributed by atoms with van der Waals surface area (Å²) < 4.78 is 5.67. The summed E-state index contributed by atoms with van der Waals surface area (Å²) in [6.07, 6.45) is 2.90. The predicted octanol–water partition coefficient (Wildman–Crippen LogP) is 2.78. The fraction of sp³-hybridized carbons (Fsp3) is 0.294. The fourth-order valence-electron chi connectivity index (χ4n) is 1.88. The molecule has 4 nitrogen and oxygen atoms in total. The van der Waals surface area contributed by atoms with Crippen LogP contribution in [0.5, 0.6) is 5.75 Å². The molecule has 1 aromatic carbocycles. The van der Waals surface area contributed by atoms with Crippen molar-refractivity contribution in [3.05, 3.63) is 59.4 Å². The second-order valence-corrected chi connectivity index (χ2v) is 5.09. The molecule has 2 aromatic rings. The highest BCUT2D eigenvalue weighted by Crippen LogP contribution is 2.17. The lowest BCUT2D eigenvalue weighted by molar-refractivity contribution is -0.127. The van der Waals surface area contributed by atoms with Crippen molar-refractivity contribution >= 4 is 5.91 Å². The average molecular weight is 284 g/mol. The van der Waals surface area contributed by atoms with Crippen LogP contribution in [0, 0.1) is 13.8 Å². The van der Waals surface area contributed by atoms with Crippen molar-refractivity contribution in [2.24, 2.45) is 0 Å². The molecule has 0 unspecified atom stereocenters. The van der Waals surface area contributed by atoms with E-state index >= 15 is 0 Å². The van der Waals surface area contributed by atoms with Crippen LogP contribution in [0.15, 0.2) is 42.7 Å². The standard InChI is InChI=1S/C17H20N2O2/c1-12-6-7-16(9-13(12)2)21-14(3)17(20)19-11-15-5-4-8-18-10-15/h4-10,14H,11H2,1-3H3,(H,19,20)/t14-/m1/s1. The van der Waals surface area contributed by atoms with Gasteiger partial charge in [0.2, 0.25) is 0 Å². The SMILES string of the molecule is Cc1ccc(O[C@H](C)C(=O)NCc2cccnc2)cc1C. The van der Waals surface area contributed by atoms with Gasteiger partial charge in [0.1, 0.15) is 5.75 Å². The van der Waals surface area contributed by atoms with E-state index in [1.54, 1.807) is 19.3 Å². The summed E-state index contributed by atoms with van der Waals surface area (Å²) >= 11 is 0. The molecular formula is C17H20N2O2. The zero-order chi connectivity index (χ0) is 15.2. The van der Waals surface area contributed by atoms with Crippen molar-refractivity contribution in [1.29, 1.82) is 0 Å². The quantitative estimate of drug-likeness (QED) is 0.918. The number of aryl methyl sites for hydroxylation is 2. The summed E-state index contributed by atoms with van der Waals surface area (Å²) in [5.41, 5.74) is 3.32. The molecular weight excluding hydrogens is 264 g/mol. The first kappa shape index (κ1) is 15.0. The molecule has 2 rings (SSSR count). The zero-order valence-electron chi connectivity index (χ0n) is 12.6. The largest absolute Gasteiger partial charge is 0.481 e. The van der Waals surface area contributed by atoms with Gasteiger partial charge in [0.25, 0.3) is 5.91 Å². The number of hydrogen-bond donors (Lipinski definition) is 1. The molecule has 0 spiro atoms. The number of nitrogens with one attached hydrogen (secondary N) is 1. The number of amides is 1. The molecule has 110 valence electrons. The molecule has 1 N–H and O–H groups in total. The molecule has 1 amide bonds. The van der Waals surface area contributed by atoms with Gasteiger partial charge < -0.3 is 10.1 Å². The van der Waals surface area contributed by atoms with Crippen molar-refractivity contribution in [3.63, 3.8) is 0 Å². The van der Waals surface area contributed by atoms with Gasteiger partial charge in [-0.15, -0.1) is 0 Å². The fourth-order valence-corrected chi connectivity index (χ4v) is 1.88. The first-order valence-corrected chi connectivity index (χ1v) is 6.97. The highest BCUT2D eigenvalue weighted by molar-refractivity contribution is 5.80. The molecule has 0 fully saturated rings. The van der Waals surface area contributed by atoms with E-state index in [1.165, 1.54) is 5.56 Å². The van der Waals surface area contributed by atoms with Gasteiger partial charge in [-0.2, -0.15) is 0 Å². The summed E-state index contributed by atoms with van der Waals surface area (Å²) in [6.45, 7) is 6.26. The lowest BCUT2D eigenvalue weighted by Crippen LogP contribution is -2.35. The summed E-state index contributed by atoms with van der Waals surface area (Å²) in [5.74, 6) is 0.569. The Balaban J connectivity index is 1.88. The Morgan fingerprint density at radius 1 is 1.29 bits per heavy atom. The van der Waals surface area contributed by atoms with E-state index in [9.17, 15) is 4.79 Å². The molecule has 1 aromatic heterocycles. The monoisotopic (exact) mass is 284 g/mol. The third-order valence-electron chi connectivity index (χ3n) is 3.35. The van der Waals surface area contributed by atoms with Crippen LogP contribution in [-0.2, 0) is 11.3 Å². The Morgan fingerprint density at radius 2 is 2.10 bits per heavy atom. The van der Waals surface area contributed by atoms with E-state index in [0.29, 0.717) is 12.3 Å². The van der Waals surface area contributed by atoms with Crippen LogP contribution in [0.4, 0.5) is 0 Å². The Bertz CT molecular complexity index is 611. The number of rotatable bonds is 5. The minimum Gasteiger partial charge on any atom is -0.481 e. The van der Waals surface area contributed by atoms with E-state index in [-0.39, 0.29) is 5.91 Å². The van der Waals surface area contributed by atoms with Gasteiger partial charge in [-0.1, -0.05) is 12.1 Å². The summed E-state index contributed by atoms with van der Waals surface area (Å²) in [6, 6.07) is 9.58. The molecule has 0 saturated heterocycles. The van der Waals surface area contributed by atoms with Crippen LogP contribution < -0.4 is 10.1 Å². The van der Waals surface area contributed by atoms with Crippen LogP contribution in [0.3, 0.4) is 0 Å². The van der Waals surface area contributed by atoms with E-state index in [0.717, 1.165) is 11.1 Å². The predicted molar refractivity (Wildman–Crippen MR) is 82.1 cm³/mol. The molecule has 1 atom stereocenters. The van der Waals surface area contributed by atoms with Crippen molar-refractivity contribution in [2.75, 3.05) is 0 Å². The Hall–Kier alpha value is -2.36. The first-order valence-electron chi connectivity index (χ1n) is 6.97. The smallest absolute Gasteiger partial charge is 0.261 e. The van der Waals surface area contributed by atoms with Crippen LogP contribution in [0.1, 0.15) is 23.6 Å². The van der Waals surface area contributed by atoms with Crippen molar-refractivity contribution in [3.8, 4) is 5.75 Å². The van der Waals surface area contributed by atoms with Gasteiger partial charge in [-0.3, -0.25) is 9.78 Å². The van der Waals surface area contributed by atoms with Gasteiger partial charge in [-0.05, 0) is 55.7 Å². The van der Waals surface area contributed by atoms with Crippen LogP contribution in [0.2, 0.25) is 0 Å². The van der Waals surface area contributed by atoms with E-state index in [4.69, 9.17) is 4.74 Å². The zero-order valence-corrected chi connectivity index (χ0v) is 12.6. The molecule has 0 saturated carbocycles. The first-order chi connectivity index (χ1) is 10.1. The minimum absolute atomic E-state index is 0.142. The number of carbonyl (C=O) groups excluding carboxylic acids is 1. The molecule has 0 aliphatic rings. The molecule has 0 aliphatic carbocycles. The maximum atomic E-state index is 12.0. The normalized spacial score (nSPS) is 11.8. The molecule has 1 heterocycles. The maximum absolute atomic E-state index is 12.0. The summed E-state index contributed by atoms with van der Waals surface area (Å²) in [4.78, 5) is 16.0. The maximum Gasteiger partial charge on any atom is 0.261 e. The molecule has 4 heteroatoms. The molecule has 0 radical (unpaired) electrons. The summed E-state index contributed by atoms with van der Waals surface area (Å²) in [5, 5.41) is 2.84. The second-order valence-electron chi connectivity index (χ2n) is 5.09. The second kappa shape index (κ2) is 6.88. The Kier molecular flexibility index (Phi) is 4.93. The van der Waals surface area contributed by atoms with E-state index < -0.39 is 6.10 Å².